The van der Waals surface area contributed by atoms with Gasteiger partial charge in [0.05, 0.1) is 0 Å². The van der Waals surface area contributed by atoms with Gasteiger partial charge in [-0.25, -0.2) is 0 Å². The summed E-state index contributed by atoms with van der Waals surface area (Å²) in [4.78, 5) is 0. The number of ether oxygens (including phenoxy) is 1. The Balaban J connectivity index is 1.96. The van der Waals surface area contributed by atoms with Crippen LogP contribution < -0.4 is 10.1 Å². The molecule has 0 spiro atoms. The maximum Gasteiger partial charge on any atom is 0.124 e. The third kappa shape index (κ3) is 2.79. The van der Waals surface area contributed by atoms with E-state index in [4.69, 9.17) is 4.74 Å². The van der Waals surface area contributed by atoms with Crippen molar-refractivity contribution in [3.8, 4) is 5.75 Å². The number of fused-ring (bicyclic) bond motifs is 1. The van der Waals surface area contributed by atoms with Gasteiger partial charge in [-0.3, -0.25) is 0 Å². The summed E-state index contributed by atoms with van der Waals surface area (Å²) in [6.07, 6.45) is 4.38. The van der Waals surface area contributed by atoms with Crippen molar-refractivity contribution in [1.82, 2.24) is 5.32 Å². The van der Waals surface area contributed by atoms with Crippen molar-refractivity contribution in [3.05, 3.63) is 54.6 Å². The second kappa shape index (κ2) is 5.45. The zero-order valence-electron chi connectivity index (χ0n) is 11.1. The predicted octanol–water partition coefficient (Wildman–Crippen LogP) is 3.66. The quantitative estimate of drug-likeness (QED) is 0.793. The lowest BCUT2D eigenvalue weighted by Crippen LogP contribution is -2.16. The normalized spacial score (nSPS) is 14.5. The third-order valence-electron chi connectivity index (χ3n) is 3.50. The lowest BCUT2D eigenvalue weighted by atomic mass is 10.0. The summed E-state index contributed by atoms with van der Waals surface area (Å²) in [6, 6.07) is 13.4. The zero-order chi connectivity index (χ0) is 13.1. The van der Waals surface area contributed by atoms with Gasteiger partial charge in [0.15, 0.2) is 0 Å². The molecule has 0 saturated heterocycles. The molecule has 2 heteroatoms. The maximum atomic E-state index is 5.79. The summed E-state index contributed by atoms with van der Waals surface area (Å²) in [6.45, 7) is 5.14. The number of hydrogen-bond donors (Lipinski definition) is 1. The first kappa shape index (κ1) is 12.2. The van der Waals surface area contributed by atoms with Gasteiger partial charge in [-0.2, -0.15) is 0 Å². The van der Waals surface area contributed by atoms with Gasteiger partial charge in [0, 0.05) is 18.2 Å². The molecule has 1 aliphatic carbocycles. The van der Waals surface area contributed by atoms with Crippen molar-refractivity contribution >= 4 is 10.8 Å². The molecule has 0 amide bonds. The van der Waals surface area contributed by atoms with Gasteiger partial charge >= 0.3 is 0 Å². The monoisotopic (exact) mass is 253 g/mol. The van der Waals surface area contributed by atoms with E-state index in [-0.39, 0.29) is 0 Å². The molecule has 0 aliphatic heterocycles. The number of rotatable bonds is 6. The van der Waals surface area contributed by atoms with Crippen LogP contribution in [0.2, 0.25) is 0 Å². The molecule has 1 fully saturated rings. The fraction of sp³-hybridized carbons (Fsp3) is 0.294. The number of benzene rings is 2. The minimum Gasteiger partial charge on any atom is -0.489 e. The fourth-order valence-corrected chi connectivity index (χ4v) is 2.32. The van der Waals surface area contributed by atoms with Crippen LogP contribution >= 0.6 is 0 Å². The van der Waals surface area contributed by atoms with Gasteiger partial charge in [0.1, 0.15) is 12.4 Å². The lowest BCUT2D eigenvalue weighted by Gasteiger charge is -2.14. The van der Waals surface area contributed by atoms with Gasteiger partial charge in [-0.05, 0) is 29.7 Å². The van der Waals surface area contributed by atoms with Gasteiger partial charge in [0.25, 0.3) is 0 Å². The topological polar surface area (TPSA) is 21.3 Å². The molecule has 1 N–H and O–H groups in total. The van der Waals surface area contributed by atoms with E-state index >= 15 is 0 Å². The predicted molar refractivity (Wildman–Crippen MR) is 79.5 cm³/mol. The fourth-order valence-electron chi connectivity index (χ4n) is 2.32. The Morgan fingerprint density at radius 3 is 2.84 bits per heavy atom. The summed E-state index contributed by atoms with van der Waals surface area (Å²) in [7, 11) is 0. The highest BCUT2D eigenvalue weighted by Crippen LogP contribution is 2.29. The minimum atomic E-state index is 0.550. The second-order valence-electron chi connectivity index (χ2n) is 5.02. The first-order valence-corrected chi connectivity index (χ1v) is 6.86. The highest BCUT2D eigenvalue weighted by molar-refractivity contribution is 5.87. The van der Waals surface area contributed by atoms with Gasteiger partial charge in [0.2, 0.25) is 0 Å². The summed E-state index contributed by atoms with van der Waals surface area (Å²) in [5.41, 5.74) is 1.26. The molecule has 0 heterocycles. The lowest BCUT2D eigenvalue weighted by molar-refractivity contribution is 0.358. The van der Waals surface area contributed by atoms with Crippen molar-refractivity contribution in [3.63, 3.8) is 0 Å². The largest absolute Gasteiger partial charge is 0.489 e. The molecule has 0 radical (unpaired) electrons. The van der Waals surface area contributed by atoms with Crippen molar-refractivity contribution in [2.45, 2.75) is 25.4 Å². The molecule has 98 valence electrons. The van der Waals surface area contributed by atoms with E-state index in [1.807, 2.05) is 0 Å². The highest BCUT2D eigenvalue weighted by atomic mass is 16.5. The van der Waals surface area contributed by atoms with Crippen molar-refractivity contribution in [2.24, 2.45) is 0 Å². The Morgan fingerprint density at radius 2 is 2.05 bits per heavy atom. The molecule has 0 aromatic heterocycles. The first-order valence-electron chi connectivity index (χ1n) is 6.86. The molecule has 0 bridgehead atoms. The molecular formula is C17H19NO. The Labute approximate surface area is 114 Å². The van der Waals surface area contributed by atoms with Crippen molar-refractivity contribution < 1.29 is 4.74 Å². The summed E-state index contributed by atoms with van der Waals surface area (Å²) in [5, 5.41) is 6.12. The van der Waals surface area contributed by atoms with E-state index < -0.39 is 0 Å². The zero-order valence-corrected chi connectivity index (χ0v) is 11.1. The molecule has 1 aliphatic rings. The SMILES string of the molecule is C=CCOc1ccc2ccccc2c1CNC1CC1. The number of hydrogen-bond acceptors (Lipinski definition) is 2. The van der Waals surface area contributed by atoms with Crippen LogP contribution in [-0.2, 0) is 6.54 Å². The molecule has 2 aromatic carbocycles. The van der Waals surface area contributed by atoms with Crippen molar-refractivity contribution in [2.75, 3.05) is 6.61 Å². The molecule has 0 atom stereocenters. The van der Waals surface area contributed by atoms with E-state index in [2.05, 4.69) is 48.3 Å². The molecule has 0 unspecified atom stereocenters. The Morgan fingerprint density at radius 1 is 1.21 bits per heavy atom. The van der Waals surface area contributed by atoms with Crippen LogP contribution in [0.15, 0.2) is 49.1 Å². The Hall–Kier alpha value is -1.80. The van der Waals surface area contributed by atoms with Crippen LogP contribution in [0.1, 0.15) is 18.4 Å². The third-order valence-corrected chi connectivity index (χ3v) is 3.50. The molecule has 3 rings (SSSR count). The second-order valence-corrected chi connectivity index (χ2v) is 5.02. The van der Waals surface area contributed by atoms with Crippen molar-refractivity contribution in [1.29, 1.82) is 0 Å². The van der Waals surface area contributed by atoms with E-state index in [1.165, 1.54) is 29.2 Å². The van der Waals surface area contributed by atoms with Gasteiger partial charge in [-0.15, -0.1) is 0 Å². The van der Waals surface area contributed by atoms with Crippen LogP contribution in [0.25, 0.3) is 10.8 Å². The summed E-state index contributed by atoms with van der Waals surface area (Å²) < 4.78 is 5.79. The molecule has 19 heavy (non-hydrogen) atoms. The molecule has 1 saturated carbocycles. The van der Waals surface area contributed by atoms with Crippen LogP contribution in [0.5, 0.6) is 5.75 Å². The summed E-state index contributed by atoms with van der Waals surface area (Å²) >= 11 is 0. The van der Waals surface area contributed by atoms with E-state index in [1.54, 1.807) is 6.08 Å². The van der Waals surface area contributed by atoms with Crippen LogP contribution in [0, 0.1) is 0 Å². The van der Waals surface area contributed by atoms with Crippen LogP contribution in [0.4, 0.5) is 0 Å². The minimum absolute atomic E-state index is 0.550. The van der Waals surface area contributed by atoms with E-state index in [0.29, 0.717) is 12.6 Å². The van der Waals surface area contributed by atoms with E-state index in [9.17, 15) is 0 Å². The first-order chi connectivity index (χ1) is 9.38. The van der Waals surface area contributed by atoms with Gasteiger partial charge in [-0.1, -0.05) is 43.0 Å². The van der Waals surface area contributed by atoms with E-state index in [0.717, 1.165) is 12.3 Å². The van der Waals surface area contributed by atoms with Gasteiger partial charge < -0.3 is 10.1 Å². The smallest absolute Gasteiger partial charge is 0.124 e. The Kier molecular flexibility index (Phi) is 3.51. The molecule has 2 aromatic rings. The average molecular weight is 253 g/mol. The van der Waals surface area contributed by atoms with Crippen LogP contribution in [-0.4, -0.2) is 12.6 Å². The standard InChI is InChI=1S/C17H19NO/c1-2-11-19-17-10-7-13-5-3-4-6-15(13)16(17)12-18-14-8-9-14/h2-7,10,14,18H,1,8-9,11-12H2. The highest BCUT2D eigenvalue weighted by Gasteiger charge is 2.21. The number of nitrogens with one attached hydrogen (secondary N) is 1. The average Bonchev–Trinajstić information content (AvgIpc) is 3.27. The summed E-state index contributed by atoms with van der Waals surface area (Å²) in [5.74, 6) is 0.965. The Bertz CT molecular complexity index is 587. The maximum absolute atomic E-state index is 5.79. The van der Waals surface area contributed by atoms with Crippen LogP contribution in [0.3, 0.4) is 0 Å². The molecular weight excluding hydrogens is 234 g/mol. The molecule has 2 nitrogen and oxygen atoms in total.